The van der Waals surface area contributed by atoms with Gasteiger partial charge in [0.1, 0.15) is 5.75 Å². The second kappa shape index (κ2) is 6.60. The molecule has 4 rings (SSSR count). The molecule has 1 aliphatic rings. The lowest BCUT2D eigenvalue weighted by Crippen LogP contribution is -2.23. The normalized spacial score (nSPS) is 13.9. The molecule has 0 bridgehead atoms. The van der Waals surface area contributed by atoms with Crippen molar-refractivity contribution in [2.75, 3.05) is 5.32 Å². The summed E-state index contributed by atoms with van der Waals surface area (Å²) in [5.74, 6) is -0.545. The number of phenols is 1. The summed E-state index contributed by atoms with van der Waals surface area (Å²) in [7, 11) is 0. The van der Waals surface area contributed by atoms with Gasteiger partial charge < -0.3 is 15.4 Å². The average Bonchev–Trinajstić information content (AvgIpc) is 2.98. The van der Waals surface area contributed by atoms with Crippen LogP contribution < -0.4 is 10.7 Å². The van der Waals surface area contributed by atoms with Gasteiger partial charge in [0, 0.05) is 34.3 Å². The number of hydrazone groups is 1. The standard InChI is InChI=1S/C20H18N4O3/c1-11(6-12-2-4-15(25)5-3-12)19(26)23-14-7-16-18-13(9-21-17(18)8-14)10-22-24-20(16)27/h2-5,7-11,21,25H,6H2,1H3,(H,23,26)(H,24,27)/t11-/m1/s1. The number of aromatic amines is 1. The van der Waals surface area contributed by atoms with Gasteiger partial charge >= 0.3 is 0 Å². The van der Waals surface area contributed by atoms with Crippen molar-refractivity contribution in [2.24, 2.45) is 11.0 Å². The van der Waals surface area contributed by atoms with Crippen molar-refractivity contribution in [3.8, 4) is 5.75 Å². The highest BCUT2D eigenvalue weighted by molar-refractivity contribution is 6.15. The highest BCUT2D eigenvalue weighted by Crippen LogP contribution is 2.27. The molecule has 0 radical (unpaired) electrons. The smallest absolute Gasteiger partial charge is 0.272 e. The summed E-state index contributed by atoms with van der Waals surface area (Å²) in [6, 6.07) is 10.3. The summed E-state index contributed by atoms with van der Waals surface area (Å²) in [5, 5.41) is 16.9. The average molecular weight is 362 g/mol. The molecule has 4 N–H and O–H groups in total. The summed E-state index contributed by atoms with van der Waals surface area (Å²) < 4.78 is 0. The molecule has 0 fully saturated rings. The minimum absolute atomic E-state index is 0.147. The van der Waals surface area contributed by atoms with E-state index < -0.39 is 0 Å². The fraction of sp³-hybridized carbons (Fsp3) is 0.150. The highest BCUT2D eigenvalue weighted by Gasteiger charge is 2.20. The molecule has 1 aromatic heterocycles. The van der Waals surface area contributed by atoms with E-state index in [-0.39, 0.29) is 23.5 Å². The van der Waals surface area contributed by atoms with E-state index in [4.69, 9.17) is 0 Å². The zero-order chi connectivity index (χ0) is 19.0. The highest BCUT2D eigenvalue weighted by atomic mass is 16.3. The van der Waals surface area contributed by atoms with Crippen molar-refractivity contribution in [1.29, 1.82) is 0 Å². The fourth-order valence-corrected chi connectivity index (χ4v) is 3.21. The Morgan fingerprint density at radius 3 is 2.81 bits per heavy atom. The maximum absolute atomic E-state index is 12.6. The number of phenolic OH excluding ortho intramolecular Hbond substituents is 1. The molecule has 7 nitrogen and oxygen atoms in total. The van der Waals surface area contributed by atoms with E-state index in [9.17, 15) is 14.7 Å². The van der Waals surface area contributed by atoms with Gasteiger partial charge in [-0.1, -0.05) is 19.1 Å². The Labute approximate surface area is 155 Å². The van der Waals surface area contributed by atoms with Crippen LogP contribution in [0.4, 0.5) is 5.69 Å². The van der Waals surface area contributed by atoms with Crippen molar-refractivity contribution >= 4 is 34.6 Å². The van der Waals surface area contributed by atoms with Gasteiger partial charge in [-0.25, -0.2) is 5.43 Å². The number of benzene rings is 2. The van der Waals surface area contributed by atoms with Gasteiger partial charge in [-0.05, 0) is 36.2 Å². The number of carbonyl (C=O) groups excluding carboxylic acids is 2. The monoisotopic (exact) mass is 362 g/mol. The number of nitrogens with one attached hydrogen (secondary N) is 3. The molecule has 1 atom stereocenters. The Hall–Kier alpha value is -3.61. The first-order valence-electron chi connectivity index (χ1n) is 8.58. The van der Waals surface area contributed by atoms with Gasteiger partial charge in [-0.2, -0.15) is 5.10 Å². The maximum Gasteiger partial charge on any atom is 0.272 e. The van der Waals surface area contributed by atoms with E-state index in [2.05, 4.69) is 20.8 Å². The van der Waals surface area contributed by atoms with Crippen LogP contribution in [-0.2, 0) is 11.2 Å². The molecule has 2 heterocycles. The number of carbonyl (C=O) groups is 2. The molecular weight excluding hydrogens is 344 g/mol. The Bertz CT molecular complexity index is 1070. The zero-order valence-electron chi connectivity index (χ0n) is 14.6. The van der Waals surface area contributed by atoms with E-state index in [0.717, 1.165) is 22.0 Å². The molecule has 136 valence electrons. The van der Waals surface area contributed by atoms with Crippen LogP contribution in [0, 0.1) is 5.92 Å². The number of aromatic hydroxyl groups is 1. The largest absolute Gasteiger partial charge is 0.508 e. The number of amides is 2. The van der Waals surface area contributed by atoms with Gasteiger partial charge in [0.15, 0.2) is 0 Å². The van der Waals surface area contributed by atoms with Crippen molar-refractivity contribution in [3.63, 3.8) is 0 Å². The number of anilines is 1. The summed E-state index contributed by atoms with van der Waals surface area (Å²) >= 11 is 0. The summed E-state index contributed by atoms with van der Waals surface area (Å²) in [5.41, 5.74) is 6.00. The fourth-order valence-electron chi connectivity index (χ4n) is 3.21. The molecule has 0 unspecified atom stereocenters. The van der Waals surface area contributed by atoms with Crippen molar-refractivity contribution in [2.45, 2.75) is 13.3 Å². The minimum Gasteiger partial charge on any atom is -0.508 e. The van der Waals surface area contributed by atoms with Crippen LogP contribution in [0.1, 0.15) is 28.4 Å². The number of hydrogen-bond acceptors (Lipinski definition) is 4. The number of H-pyrrole nitrogens is 1. The molecule has 2 aromatic carbocycles. The van der Waals surface area contributed by atoms with Crippen LogP contribution in [-0.4, -0.2) is 28.1 Å². The first kappa shape index (κ1) is 16.8. The number of hydrogen-bond donors (Lipinski definition) is 4. The number of nitrogens with zero attached hydrogens (tertiary/aromatic N) is 1. The molecule has 0 saturated carbocycles. The van der Waals surface area contributed by atoms with E-state index in [1.807, 2.05) is 6.92 Å². The predicted octanol–water partition coefficient (Wildman–Crippen LogP) is 2.77. The van der Waals surface area contributed by atoms with Gasteiger partial charge in [0.05, 0.1) is 11.8 Å². The van der Waals surface area contributed by atoms with Crippen molar-refractivity contribution in [1.82, 2.24) is 10.4 Å². The van der Waals surface area contributed by atoms with Gasteiger partial charge in [0.25, 0.3) is 5.91 Å². The Balaban J connectivity index is 1.56. The lowest BCUT2D eigenvalue weighted by Gasteiger charge is -2.13. The third kappa shape index (κ3) is 3.27. The second-order valence-corrected chi connectivity index (χ2v) is 6.65. The Morgan fingerprint density at radius 2 is 2.04 bits per heavy atom. The number of rotatable bonds is 4. The third-order valence-electron chi connectivity index (χ3n) is 4.62. The van der Waals surface area contributed by atoms with Gasteiger partial charge in [-0.3, -0.25) is 9.59 Å². The van der Waals surface area contributed by atoms with Crippen LogP contribution in [0.15, 0.2) is 47.7 Å². The van der Waals surface area contributed by atoms with E-state index in [1.165, 1.54) is 0 Å². The van der Waals surface area contributed by atoms with Gasteiger partial charge in [-0.15, -0.1) is 0 Å². The van der Waals surface area contributed by atoms with Crippen molar-refractivity contribution < 1.29 is 14.7 Å². The molecule has 0 aliphatic carbocycles. The minimum atomic E-state index is -0.317. The van der Waals surface area contributed by atoms with Gasteiger partial charge in [0.2, 0.25) is 5.91 Å². The second-order valence-electron chi connectivity index (χ2n) is 6.65. The molecular formula is C20H18N4O3. The predicted molar refractivity (Wildman–Crippen MR) is 103 cm³/mol. The molecule has 1 aliphatic heterocycles. The zero-order valence-corrected chi connectivity index (χ0v) is 14.6. The summed E-state index contributed by atoms with van der Waals surface area (Å²) in [6.45, 7) is 1.84. The topological polar surface area (TPSA) is 107 Å². The Morgan fingerprint density at radius 1 is 1.26 bits per heavy atom. The molecule has 3 aromatic rings. The molecule has 0 spiro atoms. The lowest BCUT2D eigenvalue weighted by molar-refractivity contribution is -0.119. The molecule has 2 amide bonds. The third-order valence-corrected chi connectivity index (χ3v) is 4.62. The lowest BCUT2D eigenvalue weighted by atomic mass is 10.00. The van der Waals surface area contributed by atoms with Crippen LogP contribution >= 0.6 is 0 Å². The Kier molecular flexibility index (Phi) is 4.12. The van der Waals surface area contributed by atoms with Crippen LogP contribution in [0.2, 0.25) is 0 Å². The molecule has 27 heavy (non-hydrogen) atoms. The summed E-state index contributed by atoms with van der Waals surface area (Å²) in [6.07, 6.45) is 3.91. The van der Waals surface area contributed by atoms with E-state index >= 15 is 0 Å². The molecule has 7 heteroatoms. The SMILES string of the molecule is C[C@H](Cc1ccc(O)cc1)C(=O)Nc1cc2c3c(c[nH]c3c1)C=NNC2=O. The first-order chi connectivity index (χ1) is 13.0. The van der Waals surface area contributed by atoms with E-state index in [0.29, 0.717) is 17.7 Å². The maximum atomic E-state index is 12.6. The first-order valence-corrected chi connectivity index (χ1v) is 8.58. The summed E-state index contributed by atoms with van der Waals surface area (Å²) in [4.78, 5) is 28.0. The molecule has 0 saturated heterocycles. The van der Waals surface area contributed by atoms with Crippen LogP contribution in [0.25, 0.3) is 10.9 Å². The quantitative estimate of drug-likeness (QED) is 0.573. The number of aromatic nitrogens is 1. The van der Waals surface area contributed by atoms with Crippen LogP contribution in [0.3, 0.4) is 0 Å². The van der Waals surface area contributed by atoms with Crippen LogP contribution in [0.5, 0.6) is 5.75 Å². The van der Waals surface area contributed by atoms with Crippen molar-refractivity contribution in [3.05, 3.63) is 59.3 Å². The van der Waals surface area contributed by atoms with E-state index in [1.54, 1.807) is 48.8 Å².